The van der Waals surface area contributed by atoms with Crippen molar-refractivity contribution in [2.45, 2.75) is 18.3 Å². The number of carbonyl (C=O) groups is 1. The minimum absolute atomic E-state index is 0.0922. The van der Waals surface area contributed by atoms with E-state index in [1.165, 1.54) is 14.2 Å². The summed E-state index contributed by atoms with van der Waals surface area (Å²) < 4.78 is 10.2. The summed E-state index contributed by atoms with van der Waals surface area (Å²) in [7, 11) is 3.05. The summed E-state index contributed by atoms with van der Waals surface area (Å²) in [5.74, 6) is -0.0922. The average molecular weight is 265 g/mol. The van der Waals surface area contributed by atoms with Crippen molar-refractivity contribution < 1.29 is 19.4 Å². The smallest absolute Gasteiger partial charge is 0.226 e. The van der Waals surface area contributed by atoms with Crippen molar-refractivity contribution >= 4 is 5.91 Å². The average Bonchev–Trinajstić information content (AvgIpc) is 2.73. The van der Waals surface area contributed by atoms with Gasteiger partial charge in [0, 0.05) is 14.2 Å². The number of rotatable bonds is 5. The van der Waals surface area contributed by atoms with Gasteiger partial charge in [-0.3, -0.25) is 4.79 Å². The van der Waals surface area contributed by atoms with Crippen LogP contribution >= 0.6 is 0 Å². The van der Waals surface area contributed by atoms with Crippen LogP contribution in [0, 0.1) is 0 Å². The molecule has 1 aromatic rings. The molecule has 0 saturated carbocycles. The van der Waals surface area contributed by atoms with Crippen molar-refractivity contribution in [3.63, 3.8) is 0 Å². The lowest BCUT2D eigenvalue weighted by Gasteiger charge is -2.25. The fraction of sp³-hybridized carbons (Fsp3) is 0.500. The van der Waals surface area contributed by atoms with E-state index in [1.54, 1.807) is 4.90 Å². The van der Waals surface area contributed by atoms with Crippen LogP contribution in [0.4, 0.5) is 0 Å². The Hall–Kier alpha value is -1.43. The molecule has 19 heavy (non-hydrogen) atoms. The normalized spacial score (nSPS) is 23.4. The molecule has 1 amide bonds. The van der Waals surface area contributed by atoms with E-state index in [4.69, 9.17) is 9.47 Å². The molecular weight excluding hydrogens is 246 g/mol. The van der Waals surface area contributed by atoms with Crippen LogP contribution in [-0.2, 0) is 19.9 Å². The standard InChI is InChI=1S/C14H19NO4/c1-18-13(19-2)9-15-10-14(17,8-12(15)16)11-6-4-3-5-7-11/h3-7,13,17H,8-10H2,1-2H3. The summed E-state index contributed by atoms with van der Waals surface area (Å²) in [6.45, 7) is 0.583. The highest BCUT2D eigenvalue weighted by Crippen LogP contribution is 2.32. The van der Waals surface area contributed by atoms with Gasteiger partial charge >= 0.3 is 0 Å². The maximum Gasteiger partial charge on any atom is 0.226 e. The van der Waals surface area contributed by atoms with Crippen LogP contribution in [0.2, 0.25) is 0 Å². The van der Waals surface area contributed by atoms with Crippen molar-refractivity contribution in [1.29, 1.82) is 0 Å². The maximum atomic E-state index is 12.0. The maximum absolute atomic E-state index is 12.0. The van der Waals surface area contributed by atoms with E-state index in [2.05, 4.69) is 0 Å². The van der Waals surface area contributed by atoms with Gasteiger partial charge in [-0.2, -0.15) is 0 Å². The lowest BCUT2D eigenvalue weighted by molar-refractivity contribution is -0.141. The second-order valence-electron chi connectivity index (χ2n) is 4.75. The fourth-order valence-corrected chi connectivity index (χ4v) is 2.36. The van der Waals surface area contributed by atoms with E-state index >= 15 is 0 Å². The van der Waals surface area contributed by atoms with Gasteiger partial charge in [-0.25, -0.2) is 0 Å². The van der Waals surface area contributed by atoms with E-state index in [9.17, 15) is 9.90 Å². The zero-order valence-electron chi connectivity index (χ0n) is 11.2. The molecule has 0 aliphatic carbocycles. The molecule has 1 fully saturated rings. The molecule has 5 heteroatoms. The molecule has 1 saturated heterocycles. The van der Waals surface area contributed by atoms with Crippen LogP contribution in [0.15, 0.2) is 30.3 Å². The van der Waals surface area contributed by atoms with E-state index in [1.807, 2.05) is 30.3 Å². The number of aliphatic hydroxyl groups is 1. The highest BCUT2D eigenvalue weighted by Gasteiger charge is 2.43. The van der Waals surface area contributed by atoms with Crippen molar-refractivity contribution in [1.82, 2.24) is 4.90 Å². The number of ether oxygens (including phenoxy) is 2. The number of nitrogens with zero attached hydrogens (tertiary/aromatic N) is 1. The molecule has 2 rings (SSSR count). The van der Waals surface area contributed by atoms with Crippen LogP contribution < -0.4 is 0 Å². The zero-order chi connectivity index (χ0) is 13.9. The van der Waals surface area contributed by atoms with Gasteiger partial charge in [0.05, 0.1) is 19.5 Å². The Morgan fingerprint density at radius 3 is 2.53 bits per heavy atom. The van der Waals surface area contributed by atoms with Gasteiger partial charge in [0.2, 0.25) is 5.91 Å². The fourth-order valence-electron chi connectivity index (χ4n) is 2.36. The Balaban J connectivity index is 2.10. The molecule has 0 spiro atoms. The highest BCUT2D eigenvalue weighted by atomic mass is 16.7. The number of likely N-dealkylation sites (tertiary alicyclic amines) is 1. The molecule has 1 aliphatic heterocycles. The predicted molar refractivity (Wildman–Crippen MR) is 69.3 cm³/mol. The molecule has 0 radical (unpaired) electrons. The Labute approximate surface area is 112 Å². The molecule has 1 unspecified atom stereocenters. The monoisotopic (exact) mass is 265 g/mol. The molecular formula is C14H19NO4. The number of carbonyl (C=O) groups excluding carboxylic acids is 1. The van der Waals surface area contributed by atoms with Gasteiger partial charge < -0.3 is 19.5 Å². The molecule has 0 aromatic heterocycles. The molecule has 0 bridgehead atoms. The zero-order valence-corrected chi connectivity index (χ0v) is 11.2. The predicted octanol–water partition coefficient (Wildman–Crippen LogP) is 0.725. The lowest BCUT2D eigenvalue weighted by atomic mass is 9.93. The molecule has 5 nitrogen and oxygen atoms in total. The Kier molecular flexibility index (Phi) is 4.19. The van der Waals surface area contributed by atoms with Crippen LogP contribution in [0.1, 0.15) is 12.0 Å². The molecule has 1 aromatic carbocycles. The minimum Gasteiger partial charge on any atom is -0.383 e. The van der Waals surface area contributed by atoms with Gasteiger partial charge in [-0.1, -0.05) is 30.3 Å². The first-order valence-electron chi connectivity index (χ1n) is 6.20. The van der Waals surface area contributed by atoms with Gasteiger partial charge in [-0.05, 0) is 5.56 Å². The first-order valence-corrected chi connectivity index (χ1v) is 6.20. The third kappa shape index (κ3) is 2.94. The summed E-state index contributed by atoms with van der Waals surface area (Å²) in [6.07, 6.45) is -0.376. The van der Waals surface area contributed by atoms with E-state index < -0.39 is 11.9 Å². The van der Waals surface area contributed by atoms with Crippen molar-refractivity contribution in [3.8, 4) is 0 Å². The SMILES string of the molecule is COC(CN1CC(O)(c2ccccc2)CC1=O)OC. The molecule has 1 aliphatic rings. The number of benzene rings is 1. The Morgan fingerprint density at radius 2 is 1.95 bits per heavy atom. The second-order valence-corrected chi connectivity index (χ2v) is 4.75. The topological polar surface area (TPSA) is 59.0 Å². The summed E-state index contributed by atoms with van der Waals surface area (Å²) in [6, 6.07) is 9.26. The Bertz CT molecular complexity index is 432. The van der Waals surface area contributed by atoms with Gasteiger partial charge in [0.1, 0.15) is 5.60 Å². The second kappa shape index (κ2) is 5.69. The van der Waals surface area contributed by atoms with E-state index in [0.29, 0.717) is 6.54 Å². The van der Waals surface area contributed by atoms with Crippen LogP contribution in [-0.4, -0.2) is 49.5 Å². The first-order chi connectivity index (χ1) is 9.09. The third-order valence-electron chi connectivity index (χ3n) is 3.46. The van der Waals surface area contributed by atoms with Crippen molar-refractivity contribution in [3.05, 3.63) is 35.9 Å². The summed E-state index contributed by atoms with van der Waals surface area (Å²) in [5.41, 5.74) is -0.359. The van der Waals surface area contributed by atoms with Gasteiger partial charge in [0.25, 0.3) is 0 Å². The third-order valence-corrected chi connectivity index (χ3v) is 3.46. The largest absolute Gasteiger partial charge is 0.383 e. The highest BCUT2D eigenvalue weighted by molar-refractivity contribution is 5.80. The Morgan fingerprint density at radius 1 is 1.32 bits per heavy atom. The van der Waals surface area contributed by atoms with Crippen LogP contribution in [0.3, 0.4) is 0 Å². The molecule has 104 valence electrons. The van der Waals surface area contributed by atoms with Crippen molar-refractivity contribution in [2.24, 2.45) is 0 Å². The minimum atomic E-state index is -1.12. The first kappa shape index (κ1) is 14.0. The number of β-amino-alcohol motifs (C(OH)–C–C–N with tert-alkyl or cyclic N) is 1. The van der Waals surface area contributed by atoms with Crippen LogP contribution in [0.5, 0.6) is 0 Å². The molecule has 1 atom stereocenters. The van der Waals surface area contributed by atoms with E-state index in [-0.39, 0.29) is 18.9 Å². The van der Waals surface area contributed by atoms with E-state index in [0.717, 1.165) is 5.56 Å². The number of methoxy groups -OCH3 is 2. The van der Waals surface area contributed by atoms with Gasteiger partial charge in [0.15, 0.2) is 6.29 Å². The molecule has 1 N–H and O–H groups in total. The summed E-state index contributed by atoms with van der Waals surface area (Å²) >= 11 is 0. The number of hydrogen-bond donors (Lipinski definition) is 1. The van der Waals surface area contributed by atoms with Gasteiger partial charge in [-0.15, -0.1) is 0 Å². The number of amides is 1. The summed E-state index contributed by atoms with van der Waals surface area (Å²) in [5, 5.41) is 10.6. The quantitative estimate of drug-likeness (QED) is 0.797. The lowest BCUT2D eigenvalue weighted by Crippen LogP contribution is -2.37. The van der Waals surface area contributed by atoms with Crippen molar-refractivity contribution in [2.75, 3.05) is 27.3 Å². The summed E-state index contributed by atoms with van der Waals surface area (Å²) in [4.78, 5) is 13.6. The van der Waals surface area contributed by atoms with Crippen LogP contribution in [0.25, 0.3) is 0 Å². The number of hydrogen-bond acceptors (Lipinski definition) is 4. The molecule has 1 heterocycles.